The van der Waals surface area contributed by atoms with Gasteiger partial charge in [0.2, 0.25) is 0 Å². The Morgan fingerprint density at radius 3 is 2.50 bits per heavy atom. The largest absolute Gasteiger partial charge is 0.493 e. The van der Waals surface area contributed by atoms with E-state index in [0.717, 1.165) is 10.5 Å². The molecule has 8 heteroatoms. The van der Waals surface area contributed by atoms with E-state index in [1.165, 1.54) is 31.3 Å². The molecule has 2 aliphatic heterocycles. The SMILES string of the molecule is C=C1C[C@H]2[C@H](O)N(C(=O)O)c3cc(OC)c(OC)cc3C(=O)N2C1. The monoisotopic (exact) mass is 334 g/mol. The van der Waals surface area contributed by atoms with Crippen molar-refractivity contribution in [1.82, 2.24) is 4.90 Å². The number of rotatable bonds is 2. The second-order valence-electron chi connectivity index (χ2n) is 5.75. The number of nitrogens with zero attached hydrogens (tertiary/aromatic N) is 2. The highest BCUT2D eigenvalue weighted by atomic mass is 16.5. The first-order valence-corrected chi connectivity index (χ1v) is 7.33. The van der Waals surface area contributed by atoms with Gasteiger partial charge in [-0.1, -0.05) is 12.2 Å². The van der Waals surface area contributed by atoms with E-state index in [-0.39, 0.29) is 29.5 Å². The maximum Gasteiger partial charge on any atom is 0.414 e. The quantitative estimate of drug-likeness (QED) is 0.791. The lowest BCUT2D eigenvalue weighted by molar-refractivity contribution is 0.0511. The molecule has 3 rings (SSSR count). The standard InChI is InChI=1S/C16H18N2O6/c1-8-4-11-15(20)18(16(21)22)10-6-13(24-3)12(23-2)5-9(10)14(19)17(11)7-8/h5-6,11,15,20H,1,4,7H2,2-3H3,(H,21,22)/t11-,15-/m0/s1. The number of fused-ring (bicyclic) bond motifs is 2. The number of aliphatic hydroxyl groups is 1. The van der Waals surface area contributed by atoms with Crippen molar-refractivity contribution in [3.05, 3.63) is 29.8 Å². The van der Waals surface area contributed by atoms with E-state index in [1.807, 2.05) is 0 Å². The van der Waals surface area contributed by atoms with Crippen molar-refractivity contribution >= 4 is 17.7 Å². The van der Waals surface area contributed by atoms with Crippen LogP contribution in [-0.4, -0.2) is 60.1 Å². The summed E-state index contributed by atoms with van der Waals surface area (Å²) in [6.45, 7) is 4.13. The summed E-state index contributed by atoms with van der Waals surface area (Å²) in [5, 5.41) is 20.2. The van der Waals surface area contributed by atoms with Gasteiger partial charge in [-0.2, -0.15) is 0 Å². The summed E-state index contributed by atoms with van der Waals surface area (Å²) in [5.41, 5.74) is 0.964. The molecule has 0 aliphatic carbocycles. The molecule has 0 spiro atoms. The summed E-state index contributed by atoms with van der Waals surface area (Å²) in [6.07, 6.45) is -2.41. The van der Waals surface area contributed by atoms with Crippen molar-refractivity contribution in [3.63, 3.8) is 0 Å². The molecule has 8 nitrogen and oxygen atoms in total. The van der Waals surface area contributed by atoms with Crippen molar-refractivity contribution in [1.29, 1.82) is 0 Å². The van der Waals surface area contributed by atoms with Gasteiger partial charge in [0.05, 0.1) is 31.5 Å². The predicted octanol–water partition coefficient (Wildman–Crippen LogP) is 1.29. The van der Waals surface area contributed by atoms with Crippen molar-refractivity contribution in [2.45, 2.75) is 18.7 Å². The van der Waals surface area contributed by atoms with Gasteiger partial charge in [0.1, 0.15) is 0 Å². The van der Waals surface area contributed by atoms with Crippen LogP contribution in [0.1, 0.15) is 16.8 Å². The van der Waals surface area contributed by atoms with E-state index in [9.17, 15) is 19.8 Å². The van der Waals surface area contributed by atoms with E-state index in [2.05, 4.69) is 6.58 Å². The summed E-state index contributed by atoms with van der Waals surface area (Å²) in [6, 6.07) is 2.15. The van der Waals surface area contributed by atoms with Crippen LogP contribution in [0.4, 0.5) is 10.5 Å². The highest BCUT2D eigenvalue weighted by Crippen LogP contribution is 2.41. The molecule has 0 radical (unpaired) electrons. The molecule has 2 amide bonds. The highest BCUT2D eigenvalue weighted by Gasteiger charge is 2.45. The lowest BCUT2D eigenvalue weighted by Gasteiger charge is -2.30. The highest BCUT2D eigenvalue weighted by molar-refractivity contribution is 6.05. The van der Waals surface area contributed by atoms with Crippen LogP contribution in [0.25, 0.3) is 0 Å². The van der Waals surface area contributed by atoms with E-state index in [1.54, 1.807) is 0 Å². The van der Waals surface area contributed by atoms with Gasteiger partial charge in [-0.25, -0.2) is 9.69 Å². The molecule has 2 heterocycles. The number of amides is 2. The van der Waals surface area contributed by atoms with Crippen LogP contribution < -0.4 is 14.4 Å². The number of ether oxygens (including phenoxy) is 2. The number of carbonyl (C=O) groups is 2. The zero-order valence-electron chi connectivity index (χ0n) is 13.4. The summed E-state index contributed by atoms with van der Waals surface area (Å²) in [4.78, 5) is 26.9. The molecule has 2 aliphatic rings. The van der Waals surface area contributed by atoms with Crippen LogP contribution in [0.2, 0.25) is 0 Å². The van der Waals surface area contributed by atoms with Gasteiger partial charge in [-0.3, -0.25) is 4.79 Å². The van der Waals surface area contributed by atoms with E-state index in [4.69, 9.17) is 9.47 Å². The average molecular weight is 334 g/mol. The fourth-order valence-electron chi connectivity index (χ4n) is 3.24. The van der Waals surface area contributed by atoms with Crippen molar-refractivity contribution in [2.24, 2.45) is 0 Å². The van der Waals surface area contributed by atoms with Crippen LogP contribution >= 0.6 is 0 Å². The zero-order valence-corrected chi connectivity index (χ0v) is 13.4. The molecule has 24 heavy (non-hydrogen) atoms. The van der Waals surface area contributed by atoms with E-state index in [0.29, 0.717) is 12.2 Å². The van der Waals surface area contributed by atoms with Crippen LogP contribution in [0, 0.1) is 0 Å². The normalized spacial score (nSPS) is 22.8. The Bertz CT molecular complexity index is 732. The van der Waals surface area contributed by atoms with Crippen LogP contribution in [0.3, 0.4) is 0 Å². The van der Waals surface area contributed by atoms with Crippen LogP contribution in [-0.2, 0) is 0 Å². The number of hydrogen-bond acceptors (Lipinski definition) is 5. The predicted molar refractivity (Wildman–Crippen MR) is 84.6 cm³/mol. The number of anilines is 1. The fraction of sp³-hybridized carbons (Fsp3) is 0.375. The van der Waals surface area contributed by atoms with Crippen molar-refractivity contribution in [2.75, 3.05) is 25.7 Å². The van der Waals surface area contributed by atoms with Crippen LogP contribution in [0.5, 0.6) is 11.5 Å². The van der Waals surface area contributed by atoms with Gasteiger partial charge in [-0.15, -0.1) is 0 Å². The molecule has 128 valence electrons. The molecule has 0 unspecified atom stereocenters. The molecule has 0 aromatic heterocycles. The first-order chi connectivity index (χ1) is 11.4. The number of benzene rings is 1. The summed E-state index contributed by atoms with van der Waals surface area (Å²) >= 11 is 0. The number of hydrogen-bond donors (Lipinski definition) is 2. The van der Waals surface area contributed by atoms with Gasteiger partial charge < -0.3 is 24.6 Å². The summed E-state index contributed by atoms with van der Waals surface area (Å²) < 4.78 is 10.4. The summed E-state index contributed by atoms with van der Waals surface area (Å²) in [7, 11) is 2.84. The second-order valence-corrected chi connectivity index (χ2v) is 5.75. The first-order valence-electron chi connectivity index (χ1n) is 7.33. The molecule has 1 aromatic carbocycles. The third kappa shape index (κ3) is 2.26. The maximum atomic E-state index is 12.9. The Morgan fingerprint density at radius 2 is 1.92 bits per heavy atom. The lowest BCUT2D eigenvalue weighted by atomic mass is 10.1. The average Bonchev–Trinajstić information content (AvgIpc) is 2.92. The topological polar surface area (TPSA) is 99.5 Å². The molecular formula is C16H18N2O6. The minimum atomic E-state index is -1.40. The van der Waals surface area contributed by atoms with E-state index < -0.39 is 18.4 Å². The Balaban J connectivity index is 2.24. The Morgan fingerprint density at radius 1 is 1.29 bits per heavy atom. The Kier molecular flexibility index (Phi) is 3.84. The Hall–Kier alpha value is -2.74. The third-order valence-electron chi connectivity index (χ3n) is 4.36. The number of methoxy groups -OCH3 is 2. The first kappa shape index (κ1) is 16.1. The Labute approximate surface area is 138 Å². The minimum Gasteiger partial charge on any atom is -0.493 e. The van der Waals surface area contributed by atoms with Gasteiger partial charge in [0.25, 0.3) is 5.91 Å². The lowest BCUT2D eigenvalue weighted by Crippen LogP contribution is -2.50. The second kappa shape index (κ2) is 5.72. The number of carboxylic acid groups (broad SMARTS) is 1. The minimum absolute atomic E-state index is 0.0673. The molecule has 1 fully saturated rings. The van der Waals surface area contributed by atoms with Crippen molar-refractivity contribution < 1.29 is 29.3 Å². The van der Waals surface area contributed by atoms with Gasteiger partial charge in [-0.05, 0) is 12.5 Å². The van der Waals surface area contributed by atoms with Gasteiger partial charge in [0.15, 0.2) is 17.7 Å². The molecule has 1 aromatic rings. The third-order valence-corrected chi connectivity index (χ3v) is 4.36. The molecule has 0 saturated carbocycles. The van der Waals surface area contributed by atoms with Crippen molar-refractivity contribution in [3.8, 4) is 11.5 Å². The molecule has 2 atom stereocenters. The van der Waals surface area contributed by atoms with Gasteiger partial charge in [0, 0.05) is 12.6 Å². The zero-order chi connectivity index (χ0) is 17.6. The smallest absolute Gasteiger partial charge is 0.414 e. The molecule has 1 saturated heterocycles. The fourth-order valence-corrected chi connectivity index (χ4v) is 3.24. The van der Waals surface area contributed by atoms with Gasteiger partial charge >= 0.3 is 6.09 Å². The maximum absolute atomic E-state index is 12.9. The molecular weight excluding hydrogens is 316 g/mol. The molecule has 0 bridgehead atoms. The number of carbonyl (C=O) groups excluding carboxylic acids is 1. The summed E-state index contributed by atoms with van der Waals surface area (Å²) in [5.74, 6) is 0.201. The number of aliphatic hydroxyl groups excluding tert-OH is 1. The molecule has 2 N–H and O–H groups in total. The van der Waals surface area contributed by atoms with Crippen LogP contribution in [0.15, 0.2) is 24.3 Å². The van der Waals surface area contributed by atoms with E-state index >= 15 is 0 Å².